The van der Waals surface area contributed by atoms with Gasteiger partial charge in [-0.25, -0.2) is 8.42 Å². The fourth-order valence-electron chi connectivity index (χ4n) is 2.38. The van der Waals surface area contributed by atoms with Crippen molar-refractivity contribution < 1.29 is 17.6 Å². The van der Waals surface area contributed by atoms with E-state index in [0.717, 1.165) is 4.47 Å². The Morgan fingerprint density at radius 2 is 1.89 bits per heavy atom. The van der Waals surface area contributed by atoms with Crippen LogP contribution in [-0.2, 0) is 14.6 Å². The average molecular weight is 485 g/mol. The number of nitrogens with zero attached hydrogens (tertiary/aromatic N) is 2. The molecule has 1 amide bonds. The number of aromatic nitrogens is 2. The van der Waals surface area contributed by atoms with Crippen molar-refractivity contribution in [2.45, 2.75) is 17.7 Å². The van der Waals surface area contributed by atoms with Crippen LogP contribution in [0.5, 0.6) is 0 Å². The van der Waals surface area contributed by atoms with Gasteiger partial charge in [0.2, 0.25) is 11.8 Å². The summed E-state index contributed by atoms with van der Waals surface area (Å²) in [4.78, 5) is 12.2. The Balaban J connectivity index is 1.53. The lowest BCUT2D eigenvalue weighted by atomic mass is 10.2. The minimum Gasteiger partial charge on any atom is -0.403 e. The number of carbonyl (C=O) groups is 1. The number of carbonyl (C=O) groups excluding carboxylic acids is 1. The highest BCUT2D eigenvalue weighted by molar-refractivity contribution is 9.10. The van der Waals surface area contributed by atoms with Crippen LogP contribution in [0, 0.1) is 0 Å². The number of sulfone groups is 1. The first-order valence-electron chi connectivity index (χ1n) is 8.21. The van der Waals surface area contributed by atoms with E-state index in [2.05, 4.69) is 31.4 Å². The maximum absolute atomic E-state index is 12.3. The average Bonchev–Trinajstić information content (AvgIpc) is 3.10. The normalized spacial score (nSPS) is 11.4. The van der Waals surface area contributed by atoms with Gasteiger partial charge in [-0.05, 0) is 48.9 Å². The molecule has 0 saturated carbocycles. The minimum atomic E-state index is -3.48. The molecule has 1 N–H and O–H groups in total. The smallest absolute Gasteiger partial charge is 0.322 e. The summed E-state index contributed by atoms with van der Waals surface area (Å²) in [6.45, 7) is 0. The van der Waals surface area contributed by atoms with Gasteiger partial charge in [-0.2, -0.15) is 0 Å². The van der Waals surface area contributed by atoms with Crippen LogP contribution in [0.3, 0.4) is 0 Å². The molecular weight excluding hydrogens is 470 g/mol. The molecular formula is C18H15BrClN3O4S. The zero-order chi connectivity index (χ0) is 20.1. The standard InChI is InChI=1S/C18H15BrClN3O4S/c19-13-4-1-3-12(11-13)17-22-23-18(27-17)21-16(24)5-2-10-28(25,26)15-8-6-14(20)7-9-15/h1,3-4,6-9,11H,2,5,10H2,(H,21,23,24). The van der Waals surface area contributed by atoms with Crippen molar-refractivity contribution in [1.82, 2.24) is 10.2 Å². The molecule has 3 rings (SSSR count). The molecule has 0 fully saturated rings. The van der Waals surface area contributed by atoms with E-state index in [1.54, 1.807) is 12.1 Å². The lowest BCUT2D eigenvalue weighted by molar-refractivity contribution is -0.116. The third-order valence-electron chi connectivity index (χ3n) is 3.73. The van der Waals surface area contributed by atoms with Crippen molar-refractivity contribution >= 4 is 49.3 Å². The summed E-state index contributed by atoms with van der Waals surface area (Å²) in [5, 5.41) is 10.6. The summed E-state index contributed by atoms with van der Waals surface area (Å²) >= 11 is 9.12. The van der Waals surface area contributed by atoms with Crippen LogP contribution in [-0.4, -0.2) is 30.3 Å². The van der Waals surface area contributed by atoms with E-state index >= 15 is 0 Å². The molecule has 146 valence electrons. The van der Waals surface area contributed by atoms with Crippen LogP contribution in [0.25, 0.3) is 11.5 Å². The molecule has 3 aromatic rings. The van der Waals surface area contributed by atoms with E-state index in [1.807, 2.05) is 12.1 Å². The van der Waals surface area contributed by atoms with Crippen LogP contribution in [0.4, 0.5) is 6.01 Å². The van der Waals surface area contributed by atoms with Gasteiger partial charge < -0.3 is 4.42 Å². The largest absolute Gasteiger partial charge is 0.403 e. The minimum absolute atomic E-state index is 0.00141. The molecule has 0 bridgehead atoms. The van der Waals surface area contributed by atoms with Crippen LogP contribution < -0.4 is 5.32 Å². The predicted octanol–water partition coefficient (Wildman–Crippen LogP) is 4.35. The predicted molar refractivity (Wildman–Crippen MR) is 109 cm³/mol. The Hall–Kier alpha value is -2.23. The molecule has 0 saturated heterocycles. The zero-order valence-electron chi connectivity index (χ0n) is 14.4. The lowest BCUT2D eigenvalue weighted by Gasteiger charge is -2.04. The molecule has 1 heterocycles. The highest BCUT2D eigenvalue weighted by Gasteiger charge is 2.16. The van der Waals surface area contributed by atoms with E-state index in [1.165, 1.54) is 24.3 Å². The molecule has 0 radical (unpaired) electrons. The molecule has 0 aliphatic carbocycles. The second-order valence-electron chi connectivity index (χ2n) is 5.85. The first-order chi connectivity index (χ1) is 13.3. The topological polar surface area (TPSA) is 102 Å². The molecule has 0 aliphatic rings. The fourth-order valence-corrected chi connectivity index (χ4v) is 4.21. The van der Waals surface area contributed by atoms with E-state index < -0.39 is 15.7 Å². The zero-order valence-corrected chi connectivity index (χ0v) is 17.6. The van der Waals surface area contributed by atoms with Crippen molar-refractivity contribution in [2.24, 2.45) is 0 Å². The molecule has 28 heavy (non-hydrogen) atoms. The van der Waals surface area contributed by atoms with Gasteiger partial charge in [-0.15, -0.1) is 5.10 Å². The number of amides is 1. The first-order valence-corrected chi connectivity index (χ1v) is 11.0. The Bertz CT molecular complexity index is 1080. The third kappa shape index (κ3) is 5.40. The number of nitrogens with one attached hydrogen (secondary N) is 1. The van der Waals surface area contributed by atoms with Crippen LogP contribution in [0.1, 0.15) is 12.8 Å². The van der Waals surface area contributed by atoms with E-state index in [-0.39, 0.29) is 35.4 Å². The van der Waals surface area contributed by atoms with Crippen LogP contribution in [0.2, 0.25) is 5.02 Å². The number of halogens is 2. The lowest BCUT2D eigenvalue weighted by Crippen LogP contribution is -2.14. The third-order valence-corrected chi connectivity index (χ3v) is 6.29. The molecule has 2 aromatic carbocycles. The highest BCUT2D eigenvalue weighted by atomic mass is 79.9. The Morgan fingerprint density at radius 1 is 1.14 bits per heavy atom. The van der Waals surface area contributed by atoms with Gasteiger partial charge >= 0.3 is 6.01 Å². The van der Waals surface area contributed by atoms with Crippen molar-refractivity contribution in [3.8, 4) is 11.5 Å². The van der Waals surface area contributed by atoms with Gasteiger partial charge in [-0.1, -0.05) is 38.7 Å². The summed E-state index contributed by atoms with van der Waals surface area (Å²) in [5.74, 6) is -0.299. The van der Waals surface area contributed by atoms with Gasteiger partial charge in [0, 0.05) is 21.5 Å². The van der Waals surface area contributed by atoms with Gasteiger partial charge in [-0.3, -0.25) is 10.1 Å². The molecule has 10 heteroatoms. The van der Waals surface area contributed by atoms with E-state index in [4.69, 9.17) is 16.0 Å². The van der Waals surface area contributed by atoms with Crippen molar-refractivity contribution in [3.05, 3.63) is 58.0 Å². The van der Waals surface area contributed by atoms with Crippen molar-refractivity contribution in [1.29, 1.82) is 0 Å². The monoisotopic (exact) mass is 483 g/mol. The quantitative estimate of drug-likeness (QED) is 0.535. The molecule has 0 atom stereocenters. The second kappa shape index (κ2) is 8.85. The second-order valence-corrected chi connectivity index (χ2v) is 9.31. The summed E-state index contributed by atoms with van der Waals surface area (Å²) in [6, 6.07) is 13.2. The number of rotatable bonds is 7. The fraction of sp³-hybridized carbons (Fsp3) is 0.167. The van der Waals surface area contributed by atoms with Crippen LogP contribution >= 0.6 is 27.5 Å². The molecule has 7 nitrogen and oxygen atoms in total. The maximum Gasteiger partial charge on any atom is 0.322 e. The molecule has 0 aliphatic heterocycles. The summed E-state index contributed by atoms with van der Waals surface area (Å²) < 4.78 is 30.8. The molecule has 1 aromatic heterocycles. The number of benzene rings is 2. The van der Waals surface area contributed by atoms with E-state index in [9.17, 15) is 13.2 Å². The van der Waals surface area contributed by atoms with Gasteiger partial charge in [0.25, 0.3) is 0 Å². The number of hydrogen-bond donors (Lipinski definition) is 1. The first kappa shape index (κ1) is 20.5. The SMILES string of the molecule is O=C(CCCS(=O)(=O)c1ccc(Cl)cc1)Nc1nnc(-c2cccc(Br)c2)o1. The summed E-state index contributed by atoms with van der Waals surface area (Å²) in [5.41, 5.74) is 0.705. The highest BCUT2D eigenvalue weighted by Crippen LogP contribution is 2.23. The maximum atomic E-state index is 12.3. The van der Waals surface area contributed by atoms with Gasteiger partial charge in [0.1, 0.15) is 0 Å². The Labute approximate surface area is 175 Å². The Kier molecular flexibility index (Phi) is 6.48. The number of anilines is 1. The summed E-state index contributed by atoms with van der Waals surface area (Å²) in [6.07, 6.45) is 0.158. The van der Waals surface area contributed by atoms with Crippen LogP contribution in [0.15, 0.2) is 62.3 Å². The van der Waals surface area contributed by atoms with Gasteiger partial charge in [0.05, 0.1) is 10.6 Å². The van der Waals surface area contributed by atoms with Gasteiger partial charge in [0.15, 0.2) is 9.84 Å². The molecule has 0 unspecified atom stereocenters. The summed E-state index contributed by atoms with van der Waals surface area (Å²) in [7, 11) is -3.48. The van der Waals surface area contributed by atoms with E-state index in [0.29, 0.717) is 10.6 Å². The van der Waals surface area contributed by atoms with Crippen molar-refractivity contribution in [2.75, 3.05) is 11.1 Å². The molecule has 0 spiro atoms. The Morgan fingerprint density at radius 3 is 2.61 bits per heavy atom. The number of hydrogen-bond acceptors (Lipinski definition) is 6. The van der Waals surface area contributed by atoms with Crippen molar-refractivity contribution in [3.63, 3.8) is 0 Å².